The van der Waals surface area contributed by atoms with Crippen LogP contribution in [0.1, 0.15) is 19.8 Å². The van der Waals surface area contributed by atoms with E-state index in [1.807, 2.05) is 0 Å². The second-order valence-electron chi connectivity index (χ2n) is 4.97. The first-order valence-electron chi connectivity index (χ1n) is 6.52. The minimum absolute atomic E-state index is 0.0774. The van der Waals surface area contributed by atoms with Gasteiger partial charge in [-0.15, -0.1) is 0 Å². The van der Waals surface area contributed by atoms with E-state index in [4.69, 9.17) is 5.73 Å². The summed E-state index contributed by atoms with van der Waals surface area (Å²) in [6.45, 7) is 2.10. The molecular formula is C14H19N3O2. The molecule has 1 unspecified atom stereocenters. The number of rotatable bonds is 5. The zero-order valence-electron chi connectivity index (χ0n) is 11.0. The van der Waals surface area contributed by atoms with E-state index in [2.05, 4.69) is 10.6 Å². The number of anilines is 2. The highest BCUT2D eigenvalue weighted by Crippen LogP contribution is 2.30. The van der Waals surface area contributed by atoms with E-state index in [9.17, 15) is 9.59 Å². The molecule has 2 amide bonds. The Labute approximate surface area is 112 Å². The monoisotopic (exact) mass is 261 g/mol. The lowest BCUT2D eigenvalue weighted by molar-refractivity contribution is -0.119. The second kappa shape index (κ2) is 5.84. The summed E-state index contributed by atoms with van der Waals surface area (Å²) in [5.74, 6) is -0.0511. The van der Waals surface area contributed by atoms with E-state index < -0.39 is 0 Å². The summed E-state index contributed by atoms with van der Waals surface area (Å²) in [5.41, 5.74) is 6.89. The van der Waals surface area contributed by atoms with E-state index in [-0.39, 0.29) is 23.7 Å². The molecule has 0 aliphatic heterocycles. The SMILES string of the molecule is CC(CN)C(=O)Nc1ccc(NC(=O)C2CC2)cc1. The maximum Gasteiger partial charge on any atom is 0.228 e. The molecule has 1 aromatic carbocycles. The second-order valence-corrected chi connectivity index (χ2v) is 4.97. The fourth-order valence-electron chi connectivity index (χ4n) is 1.60. The molecule has 5 heteroatoms. The lowest BCUT2D eigenvalue weighted by Crippen LogP contribution is -2.26. The van der Waals surface area contributed by atoms with Crippen molar-refractivity contribution in [3.05, 3.63) is 24.3 Å². The van der Waals surface area contributed by atoms with E-state index in [1.165, 1.54) is 0 Å². The van der Waals surface area contributed by atoms with Gasteiger partial charge in [0.15, 0.2) is 0 Å². The Morgan fingerprint density at radius 2 is 1.74 bits per heavy atom. The van der Waals surface area contributed by atoms with Crippen LogP contribution in [0, 0.1) is 11.8 Å². The van der Waals surface area contributed by atoms with Crippen LogP contribution in [-0.4, -0.2) is 18.4 Å². The lowest BCUT2D eigenvalue weighted by atomic mass is 10.1. The number of hydrogen-bond acceptors (Lipinski definition) is 3. The van der Waals surface area contributed by atoms with Gasteiger partial charge in [-0.25, -0.2) is 0 Å². The number of nitrogens with two attached hydrogens (primary N) is 1. The molecule has 1 atom stereocenters. The van der Waals surface area contributed by atoms with Gasteiger partial charge in [0.1, 0.15) is 0 Å². The first-order valence-corrected chi connectivity index (χ1v) is 6.52. The zero-order chi connectivity index (χ0) is 13.8. The van der Waals surface area contributed by atoms with Crippen molar-refractivity contribution in [1.82, 2.24) is 0 Å². The zero-order valence-corrected chi connectivity index (χ0v) is 11.0. The molecular weight excluding hydrogens is 242 g/mol. The standard InChI is InChI=1S/C14H19N3O2/c1-9(8-15)13(18)16-11-4-6-12(7-5-11)17-14(19)10-2-3-10/h4-7,9-10H,2-3,8,15H2,1H3,(H,16,18)(H,17,19). The molecule has 19 heavy (non-hydrogen) atoms. The van der Waals surface area contributed by atoms with Crippen LogP contribution in [-0.2, 0) is 9.59 Å². The van der Waals surface area contributed by atoms with Crippen LogP contribution >= 0.6 is 0 Å². The van der Waals surface area contributed by atoms with E-state index in [1.54, 1.807) is 31.2 Å². The van der Waals surface area contributed by atoms with Gasteiger partial charge in [0.2, 0.25) is 11.8 Å². The first kappa shape index (κ1) is 13.5. The Morgan fingerprint density at radius 1 is 1.21 bits per heavy atom. The Balaban J connectivity index is 1.90. The molecule has 1 saturated carbocycles. The Hall–Kier alpha value is -1.88. The van der Waals surface area contributed by atoms with Crippen molar-refractivity contribution in [2.24, 2.45) is 17.6 Å². The number of nitrogens with one attached hydrogen (secondary N) is 2. The average molecular weight is 261 g/mol. The fraction of sp³-hybridized carbons (Fsp3) is 0.429. The van der Waals surface area contributed by atoms with Gasteiger partial charge in [0.05, 0.1) is 0 Å². The quantitative estimate of drug-likeness (QED) is 0.752. The molecule has 1 fully saturated rings. The third kappa shape index (κ3) is 3.79. The largest absolute Gasteiger partial charge is 0.330 e. The fourth-order valence-corrected chi connectivity index (χ4v) is 1.60. The molecule has 2 rings (SSSR count). The van der Waals surface area contributed by atoms with E-state index in [0.717, 1.165) is 18.5 Å². The first-order chi connectivity index (χ1) is 9.10. The summed E-state index contributed by atoms with van der Waals surface area (Å²) in [6, 6.07) is 7.10. The molecule has 4 N–H and O–H groups in total. The van der Waals surface area contributed by atoms with E-state index >= 15 is 0 Å². The summed E-state index contributed by atoms with van der Waals surface area (Å²) in [4.78, 5) is 23.2. The topological polar surface area (TPSA) is 84.2 Å². The van der Waals surface area contributed by atoms with Crippen molar-refractivity contribution in [3.8, 4) is 0 Å². The molecule has 1 aliphatic carbocycles. The van der Waals surface area contributed by atoms with Gasteiger partial charge in [0.25, 0.3) is 0 Å². The third-order valence-corrected chi connectivity index (χ3v) is 3.17. The van der Waals surface area contributed by atoms with Crippen LogP contribution in [0.2, 0.25) is 0 Å². The number of carbonyl (C=O) groups excluding carboxylic acids is 2. The van der Waals surface area contributed by atoms with Crippen LogP contribution in [0.25, 0.3) is 0 Å². The smallest absolute Gasteiger partial charge is 0.228 e. The summed E-state index contributed by atoms with van der Waals surface area (Å²) >= 11 is 0. The third-order valence-electron chi connectivity index (χ3n) is 3.17. The highest BCUT2D eigenvalue weighted by Gasteiger charge is 2.29. The van der Waals surface area contributed by atoms with Gasteiger partial charge < -0.3 is 16.4 Å². The molecule has 1 aliphatic rings. The molecule has 1 aromatic rings. The van der Waals surface area contributed by atoms with Crippen molar-refractivity contribution >= 4 is 23.2 Å². The van der Waals surface area contributed by atoms with Gasteiger partial charge in [-0.1, -0.05) is 6.92 Å². The molecule has 102 valence electrons. The van der Waals surface area contributed by atoms with Crippen LogP contribution < -0.4 is 16.4 Å². The van der Waals surface area contributed by atoms with E-state index in [0.29, 0.717) is 12.2 Å². The Kier molecular flexibility index (Phi) is 4.16. The maximum absolute atomic E-state index is 11.6. The van der Waals surface area contributed by atoms with Crippen LogP contribution in [0.5, 0.6) is 0 Å². The van der Waals surface area contributed by atoms with Crippen molar-refractivity contribution in [1.29, 1.82) is 0 Å². The number of carbonyl (C=O) groups is 2. The predicted molar refractivity (Wildman–Crippen MR) is 74.6 cm³/mol. The van der Waals surface area contributed by atoms with Crippen molar-refractivity contribution in [2.75, 3.05) is 17.2 Å². The minimum Gasteiger partial charge on any atom is -0.330 e. The normalized spacial score (nSPS) is 15.7. The number of amides is 2. The predicted octanol–water partition coefficient (Wildman–Crippen LogP) is 1.57. The summed E-state index contributed by atoms with van der Waals surface area (Å²) in [7, 11) is 0. The van der Waals surface area contributed by atoms with Crippen molar-refractivity contribution in [3.63, 3.8) is 0 Å². The molecule has 0 spiro atoms. The summed E-state index contributed by atoms with van der Waals surface area (Å²) in [5, 5.41) is 5.62. The van der Waals surface area contributed by atoms with Gasteiger partial charge in [0, 0.05) is 29.8 Å². The molecule has 5 nitrogen and oxygen atoms in total. The van der Waals surface area contributed by atoms with Crippen molar-refractivity contribution < 1.29 is 9.59 Å². The lowest BCUT2D eigenvalue weighted by Gasteiger charge is -2.10. The summed E-state index contributed by atoms with van der Waals surface area (Å²) < 4.78 is 0. The van der Waals surface area contributed by atoms with Crippen molar-refractivity contribution in [2.45, 2.75) is 19.8 Å². The number of benzene rings is 1. The Morgan fingerprint density at radius 3 is 2.21 bits per heavy atom. The minimum atomic E-state index is -0.214. The van der Waals surface area contributed by atoms with Gasteiger partial charge in [-0.05, 0) is 37.1 Å². The van der Waals surface area contributed by atoms with Crippen LogP contribution in [0.15, 0.2) is 24.3 Å². The molecule has 0 radical (unpaired) electrons. The highest BCUT2D eigenvalue weighted by molar-refractivity contribution is 5.95. The highest BCUT2D eigenvalue weighted by atomic mass is 16.2. The maximum atomic E-state index is 11.6. The Bertz CT molecular complexity index is 466. The molecule has 0 heterocycles. The molecule has 0 saturated heterocycles. The van der Waals surface area contributed by atoms with Gasteiger partial charge >= 0.3 is 0 Å². The van der Waals surface area contributed by atoms with Crippen LogP contribution in [0.4, 0.5) is 11.4 Å². The molecule has 0 bridgehead atoms. The van der Waals surface area contributed by atoms with Gasteiger partial charge in [-0.3, -0.25) is 9.59 Å². The number of hydrogen-bond donors (Lipinski definition) is 3. The summed E-state index contributed by atoms with van der Waals surface area (Å²) in [6.07, 6.45) is 1.97. The van der Waals surface area contributed by atoms with Crippen LogP contribution in [0.3, 0.4) is 0 Å². The van der Waals surface area contributed by atoms with Gasteiger partial charge in [-0.2, -0.15) is 0 Å². The average Bonchev–Trinajstić information content (AvgIpc) is 3.24. The molecule has 0 aromatic heterocycles.